The van der Waals surface area contributed by atoms with E-state index in [2.05, 4.69) is 13.8 Å². The summed E-state index contributed by atoms with van der Waals surface area (Å²) in [7, 11) is 0. The molecule has 0 amide bonds. The molecule has 1 saturated heterocycles. The average Bonchev–Trinajstić information content (AvgIpc) is 2.29. The molecule has 1 fully saturated rings. The molecule has 0 radical (unpaired) electrons. The van der Waals surface area contributed by atoms with Crippen LogP contribution in [-0.2, 0) is 0 Å². The molecule has 0 saturated carbocycles. The van der Waals surface area contributed by atoms with Gasteiger partial charge in [0, 0.05) is 28.8 Å². The highest BCUT2D eigenvalue weighted by atomic mass is 35.5. The third-order valence-corrected chi connectivity index (χ3v) is 5.90. The Morgan fingerprint density at radius 1 is 1.37 bits per heavy atom. The molecule has 2 nitrogen and oxygen atoms in total. The number of ether oxygens (including phenoxy) is 1. The fourth-order valence-electron chi connectivity index (χ4n) is 3.37. The van der Waals surface area contributed by atoms with Crippen molar-refractivity contribution in [2.45, 2.75) is 38.3 Å². The van der Waals surface area contributed by atoms with Crippen molar-refractivity contribution >= 4 is 23.4 Å². The first-order valence-corrected chi connectivity index (χ1v) is 8.24. The van der Waals surface area contributed by atoms with E-state index in [0.29, 0.717) is 5.41 Å². The van der Waals surface area contributed by atoms with Crippen molar-refractivity contribution in [2.24, 2.45) is 11.1 Å². The van der Waals surface area contributed by atoms with Gasteiger partial charge in [0.05, 0.1) is 0 Å². The zero-order chi connectivity index (χ0) is 13.7. The van der Waals surface area contributed by atoms with E-state index in [9.17, 15) is 0 Å². The highest BCUT2D eigenvalue weighted by Crippen LogP contribution is 2.49. The molecule has 1 aromatic rings. The van der Waals surface area contributed by atoms with Gasteiger partial charge in [0.15, 0.2) is 0 Å². The largest absolute Gasteiger partial charge is 0.486 e. The van der Waals surface area contributed by atoms with Crippen molar-refractivity contribution in [3.8, 4) is 5.75 Å². The number of nitrogens with two attached hydrogens (primary N) is 1. The first-order valence-electron chi connectivity index (χ1n) is 6.71. The molecule has 2 atom stereocenters. The molecule has 2 unspecified atom stereocenters. The smallest absolute Gasteiger partial charge is 0.125 e. The van der Waals surface area contributed by atoms with Gasteiger partial charge in [-0.2, -0.15) is 11.8 Å². The number of halogens is 1. The molecule has 0 aromatic heterocycles. The minimum Gasteiger partial charge on any atom is -0.486 e. The SMILES string of the molecule is CC1(C)CSCC2(CC(N)c3cc(Cl)ccc3O2)C1. The van der Waals surface area contributed by atoms with Crippen molar-refractivity contribution in [3.05, 3.63) is 28.8 Å². The summed E-state index contributed by atoms with van der Waals surface area (Å²) in [6.07, 6.45) is 1.96. The van der Waals surface area contributed by atoms with Crippen molar-refractivity contribution in [3.63, 3.8) is 0 Å². The number of hydrogen-bond acceptors (Lipinski definition) is 3. The highest BCUT2D eigenvalue weighted by Gasteiger charge is 2.46. The van der Waals surface area contributed by atoms with Crippen LogP contribution in [0.1, 0.15) is 38.3 Å². The second-order valence-corrected chi connectivity index (χ2v) is 8.03. The molecule has 4 heteroatoms. The standard InChI is InChI=1S/C15H20ClNOS/c1-14(2)7-15(9-19-8-14)6-12(17)11-5-10(16)3-4-13(11)18-15/h3-5,12H,6-9,17H2,1-2H3. The van der Waals surface area contributed by atoms with Crippen molar-refractivity contribution in [2.75, 3.05) is 11.5 Å². The maximum atomic E-state index is 6.36. The second kappa shape index (κ2) is 4.57. The molecule has 0 aliphatic carbocycles. The normalized spacial score (nSPS) is 32.7. The predicted octanol–water partition coefficient (Wildman–Crippen LogP) is 4.02. The van der Waals surface area contributed by atoms with E-state index in [1.807, 2.05) is 30.0 Å². The third-order valence-electron chi connectivity index (χ3n) is 3.95. The topological polar surface area (TPSA) is 35.2 Å². The zero-order valence-corrected chi connectivity index (χ0v) is 13.0. The van der Waals surface area contributed by atoms with Gasteiger partial charge in [0.2, 0.25) is 0 Å². The first kappa shape index (κ1) is 13.6. The molecule has 104 valence electrons. The average molecular weight is 298 g/mol. The lowest BCUT2D eigenvalue weighted by Gasteiger charge is -2.48. The van der Waals surface area contributed by atoms with Crippen LogP contribution in [0, 0.1) is 5.41 Å². The van der Waals surface area contributed by atoms with Gasteiger partial charge in [-0.25, -0.2) is 0 Å². The monoisotopic (exact) mass is 297 g/mol. The molecule has 0 bridgehead atoms. The van der Waals surface area contributed by atoms with E-state index >= 15 is 0 Å². The van der Waals surface area contributed by atoms with Crippen LogP contribution in [0.15, 0.2) is 18.2 Å². The first-order chi connectivity index (χ1) is 8.89. The van der Waals surface area contributed by atoms with Gasteiger partial charge in [-0.15, -0.1) is 0 Å². The molecule has 2 aliphatic heterocycles. The van der Waals surface area contributed by atoms with E-state index < -0.39 is 0 Å². The van der Waals surface area contributed by atoms with Gasteiger partial charge in [-0.3, -0.25) is 0 Å². The van der Waals surface area contributed by atoms with Gasteiger partial charge in [-0.1, -0.05) is 25.4 Å². The van der Waals surface area contributed by atoms with Crippen LogP contribution in [0.5, 0.6) is 5.75 Å². The van der Waals surface area contributed by atoms with Gasteiger partial charge in [0.25, 0.3) is 0 Å². The summed E-state index contributed by atoms with van der Waals surface area (Å²) >= 11 is 8.03. The fourth-order valence-corrected chi connectivity index (χ4v) is 4.96. The Kier molecular flexibility index (Phi) is 3.27. The molecular formula is C15H20ClNOS. The van der Waals surface area contributed by atoms with Crippen LogP contribution in [0.25, 0.3) is 0 Å². The lowest BCUT2D eigenvalue weighted by molar-refractivity contribution is 0.0167. The minimum atomic E-state index is -0.105. The van der Waals surface area contributed by atoms with Gasteiger partial charge in [0.1, 0.15) is 11.4 Å². The van der Waals surface area contributed by atoms with E-state index in [-0.39, 0.29) is 11.6 Å². The number of hydrogen-bond donors (Lipinski definition) is 1. The van der Waals surface area contributed by atoms with Gasteiger partial charge < -0.3 is 10.5 Å². The Balaban J connectivity index is 1.94. The maximum absolute atomic E-state index is 6.36. The van der Waals surface area contributed by atoms with E-state index in [1.54, 1.807) is 0 Å². The summed E-state index contributed by atoms with van der Waals surface area (Å²) in [5.41, 5.74) is 7.62. The lowest BCUT2D eigenvalue weighted by atomic mass is 9.76. The summed E-state index contributed by atoms with van der Waals surface area (Å²) in [5, 5.41) is 0.729. The number of rotatable bonds is 0. The van der Waals surface area contributed by atoms with Crippen LogP contribution in [0.3, 0.4) is 0 Å². The van der Waals surface area contributed by atoms with Crippen molar-refractivity contribution < 1.29 is 4.74 Å². The lowest BCUT2D eigenvalue weighted by Crippen LogP contribution is -2.51. The molecular weight excluding hydrogens is 278 g/mol. The summed E-state index contributed by atoms with van der Waals surface area (Å²) in [6, 6.07) is 5.81. The zero-order valence-electron chi connectivity index (χ0n) is 11.4. The highest BCUT2D eigenvalue weighted by molar-refractivity contribution is 7.99. The van der Waals surface area contributed by atoms with Gasteiger partial charge >= 0.3 is 0 Å². The summed E-state index contributed by atoms with van der Waals surface area (Å²) in [4.78, 5) is 0. The number of benzene rings is 1. The Bertz CT molecular complexity index is 505. The van der Waals surface area contributed by atoms with Crippen LogP contribution in [0.2, 0.25) is 5.02 Å². The minimum absolute atomic E-state index is 0.0250. The Hall–Kier alpha value is -0.380. The summed E-state index contributed by atoms with van der Waals surface area (Å²) in [5.74, 6) is 3.15. The maximum Gasteiger partial charge on any atom is 0.125 e. The van der Waals surface area contributed by atoms with Crippen LogP contribution < -0.4 is 10.5 Å². The van der Waals surface area contributed by atoms with Crippen molar-refractivity contribution in [1.29, 1.82) is 0 Å². The van der Waals surface area contributed by atoms with E-state index in [0.717, 1.165) is 34.9 Å². The molecule has 2 N–H and O–H groups in total. The van der Waals surface area contributed by atoms with Crippen molar-refractivity contribution in [1.82, 2.24) is 0 Å². The molecule has 19 heavy (non-hydrogen) atoms. The van der Waals surface area contributed by atoms with E-state index in [4.69, 9.17) is 22.1 Å². The van der Waals surface area contributed by atoms with Crippen LogP contribution >= 0.6 is 23.4 Å². The fraction of sp³-hybridized carbons (Fsp3) is 0.600. The van der Waals surface area contributed by atoms with Crippen LogP contribution in [-0.4, -0.2) is 17.1 Å². The second-order valence-electron chi connectivity index (χ2n) is 6.61. The number of thioether (sulfide) groups is 1. The summed E-state index contributed by atoms with van der Waals surface area (Å²) < 4.78 is 6.36. The van der Waals surface area contributed by atoms with Gasteiger partial charge in [-0.05, 0) is 35.8 Å². The number of fused-ring (bicyclic) bond motifs is 1. The summed E-state index contributed by atoms with van der Waals surface area (Å²) in [6.45, 7) is 4.63. The molecule has 2 aliphatic rings. The Labute approximate surface area is 124 Å². The molecule has 1 aromatic carbocycles. The molecule has 2 heterocycles. The molecule has 3 rings (SSSR count). The Morgan fingerprint density at radius 2 is 2.16 bits per heavy atom. The predicted molar refractivity (Wildman–Crippen MR) is 82.1 cm³/mol. The molecule has 1 spiro atoms. The Morgan fingerprint density at radius 3 is 2.89 bits per heavy atom. The van der Waals surface area contributed by atoms with Crippen LogP contribution in [0.4, 0.5) is 0 Å². The van der Waals surface area contributed by atoms with E-state index in [1.165, 1.54) is 5.75 Å². The quantitative estimate of drug-likeness (QED) is 0.785. The third kappa shape index (κ3) is 2.61.